The molecule has 0 fully saturated rings. The first-order valence-electron chi connectivity index (χ1n) is 4.54. The van der Waals surface area contributed by atoms with Gasteiger partial charge in [0.05, 0.1) is 0 Å². The molecule has 0 saturated heterocycles. The Hall–Kier alpha value is -1.05. The van der Waals surface area contributed by atoms with E-state index in [1.807, 2.05) is 31.1 Å². The SMILES string of the molecule is CCc1ccc(CF)c(N(C)C)c1. The lowest BCUT2D eigenvalue weighted by atomic mass is 10.1. The van der Waals surface area contributed by atoms with E-state index in [0.717, 1.165) is 17.7 Å². The Morgan fingerprint density at radius 2 is 2.00 bits per heavy atom. The van der Waals surface area contributed by atoms with Crippen LogP contribution in [0.15, 0.2) is 18.2 Å². The number of halogens is 1. The Kier molecular flexibility index (Phi) is 3.29. The van der Waals surface area contributed by atoms with E-state index in [1.54, 1.807) is 0 Å². The summed E-state index contributed by atoms with van der Waals surface area (Å²) >= 11 is 0. The highest BCUT2D eigenvalue weighted by atomic mass is 19.1. The van der Waals surface area contributed by atoms with Gasteiger partial charge in [-0.1, -0.05) is 19.1 Å². The molecule has 0 unspecified atom stereocenters. The maximum absolute atomic E-state index is 12.6. The molecule has 0 amide bonds. The lowest BCUT2D eigenvalue weighted by molar-refractivity contribution is 0.485. The van der Waals surface area contributed by atoms with Gasteiger partial charge in [-0.3, -0.25) is 0 Å². The van der Waals surface area contributed by atoms with Gasteiger partial charge in [0.25, 0.3) is 0 Å². The largest absolute Gasteiger partial charge is 0.377 e. The first-order valence-corrected chi connectivity index (χ1v) is 4.54. The van der Waals surface area contributed by atoms with Crippen molar-refractivity contribution in [2.75, 3.05) is 19.0 Å². The Balaban J connectivity index is 3.10. The van der Waals surface area contributed by atoms with Gasteiger partial charge in [-0.25, -0.2) is 4.39 Å². The normalized spacial score (nSPS) is 10.2. The molecule has 0 N–H and O–H groups in total. The minimum atomic E-state index is -0.391. The number of hydrogen-bond acceptors (Lipinski definition) is 1. The molecule has 0 spiro atoms. The summed E-state index contributed by atoms with van der Waals surface area (Å²) in [6, 6.07) is 5.91. The minimum Gasteiger partial charge on any atom is -0.377 e. The summed E-state index contributed by atoms with van der Waals surface area (Å²) in [6.45, 7) is 1.71. The van der Waals surface area contributed by atoms with E-state index in [9.17, 15) is 4.39 Å². The zero-order chi connectivity index (χ0) is 9.84. The standard InChI is InChI=1S/C11H16FN/c1-4-9-5-6-10(8-12)11(7-9)13(2)3/h5-7H,4,8H2,1-3H3. The van der Waals surface area contributed by atoms with Gasteiger partial charge >= 0.3 is 0 Å². The average Bonchev–Trinajstić information content (AvgIpc) is 2.16. The third-order valence-electron chi connectivity index (χ3n) is 2.18. The average molecular weight is 181 g/mol. The van der Waals surface area contributed by atoms with Crippen LogP contribution in [0.3, 0.4) is 0 Å². The summed E-state index contributed by atoms with van der Waals surface area (Å²) in [6.07, 6.45) is 0.993. The van der Waals surface area contributed by atoms with Crippen LogP contribution in [-0.4, -0.2) is 14.1 Å². The van der Waals surface area contributed by atoms with E-state index in [-0.39, 0.29) is 0 Å². The van der Waals surface area contributed by atoms with Crippen LogP contribution in [-0.2, 0) is 13.1 Å². The van der Waals surface area contributed by atoms with Crippen molar-refractivity contribution in [3.05, 3.63) is 29.3 Å². The number of aryl methyl sites for hydroxylation is 1. The third-order valence-corrected chi connectivity index (χ3v) is 2.18. The fraction of sp³-hybridized carbons (Fsp3) is 0.455. The van der Waals surface area contributed by atoms with E-state index in [2.05, 4.69) is 13.0 Å². The Labute approximate surface area is 79.2 Å². The molecular weight excluding hydrogens is 165 g/mol. The summed E-state index contributed by atoms with van der Waals surface area (Å²) in [5, 5.41) is 0. The molecular formula is C11H16FN. The van der Waals surface area contributed by atoms with Gasteiger partial charge in [0.2, 0.25) is 0 Å². The summed E-state index contributed by atoms with van der Waals surface area (Å²) in [5.41, 5.74) is 3.00. The van der Waals surface area contributed by atoms with E-state index in [4.69, 9.17) is 0 Å². The molecule has 0 aliphatic rings. The molecule has 72 valence electrons. The maximum Gasteiger partial charge on any atom is 0.117 e. The second-order valence-corrected chi connectivity index (χ2v) is 3.34. The van der Waals surface area contributed by atoms with Crippen LogP contribution in [0.25, 0.3) is 0 Å². The van der Waals surface area contributed by atoms with E-state index >= 15 is 0 Å². The smallest absolute Gasteiger partial charge is 0.117 e. The molecule has 0 aromatic heterocycles. The number of benzene rings is 1. The van der Waals surface area contributed by atoms with Crippen LogP contribution in [0.2, 0.25) is 0 Å². The van der Waals surface area contributed by atoms with Crippen molar-refractivity contribution in [3.8, 4) is 0 Å². The second-order valence-electron chi connectivity index (χ2n) is 3.34. The molecule has 0 atom stereocenters. The lowest BCUT2D eigenvalue weighted by Crippen LogP contribution is -2.11. The van der Waals surface area contributed by atoms with Gasteiger partial charge in [0.1, 0.15) is 6.67 Å². The molecule has 2 heteroatoms. The van der Waals surface area contributed by atoms with Crippen molar-refractivity contribution in [1.82, 2.24) is 0 Å². The number of alkyl halides is 1. The molecule has 0 aliphatic heterocycles. The summed E-state index contributed by atoms with van der Waals surface area (Å²) in [5.74, 6) is 0. The van der Waals surface area contributed by atoms with E-state index in [0.29, 0.717) is 0 Å². The molecule has 0 heterocycles. The number of nitrogens with zero attached hydrogens (tertiary/aromatic N) is 1. The van der Waals surface area contributed by atoms with Crippen molar-refractivity contribution in [2.45, 2.75) is 20.0 Å². The van der Waals surface area contributed by atoms with Gasteiger partial charge < -0.3 is 4.90 Å². The topological polar surface area (TPSA) is 3.24 Å². The molecule has 1 rings (SSSR count). The number of anilines is 1. The molecule has 1 aromatic carbocycles. The molecule has 0 saturated carbocycles. The fourth-order valence-corrected chi connectivity index (χ4v) is 1.36. The first-order chi connectivity index (χ1) is 6.19. The molecule has 13 heavy (non-hydrogen) atoms. The Morgan fingerprint density at radius 1 is 1.31 bits per heavy atom. The van der Waals surface area contributed by atoms with Crippen LogP contribution < -0.4 is 4.90 Å². The second kappa shape index (κ2) is 4.26. The number of rotatable bonds is 3. The predicted octanol–water partition coefficient (Wildman–Crippen LogP) is 2.78. The van der Waals surface area contributed by atoms with Crippen molar-refractivity contribution in [2.24, 2.45) is 0 Å². The van der Waals surface area contributed by atoms with Crippen molar-refractivity contribution in [3.63, 3.8) is 0 Å². The highest BCUT2D eigenvalue weighted by Crippen LogP contribution is 2.21. The first kappa shape index (κ1) is 10.0. The lowest BCUT2D eigenvalue weighted by Gasteiger charge is -2.17. The van der Waals surface area contributed by atoms with Gasteiger partial charge in [-0.05, 0) is 18.1 Å². The Morgan fingerprint density at radius 3 is 2.46 bits per heavy atom. The number of hydrogen-bond donors (Lipinski definition) is 0. The van der Waals surface area contributed by atoms with Crippen LogP contribution in [0, 0.1) is 0 Å². The molecule has 1 nitrogen and oxygen atoms in total. The van der Waals surface area contributed by atoms with Crippen LogP contribution in [0.1, 0.15) is 18.1 Å². The minimum absolute atomic E-state index is 0.391. The van der Waals surface area contributed by atoms with Crippen molar-refractivity contribution >= 4 is 5.69 Å². The van der Waals surface area contributed by atoms with E-state index in [1.165, 1.54) is 5.56 Å². The Bertz CT molecular complexity index is 281. The van der Waals surface area contributed by atoms with E-state index < -0.39 is 6.67 Å². The summed E-state index contributed by atoms with van der Waals surface area (Å²) in [7, 11) is 3.88. The molecule has 0 radical (unpaired) electrons. The van der Waals surface area contributed by atoms with Gasteiger partial charge in [-0.15, -0.1) is 0 Å². The highest BCUT2D eigenvalue weighted by Gasteiger charge is 2.04. The fourth-order valence-electron chi connectivity index (χ4n) is 1.36. The zero-order valence-electron chi connectivity index (χ0n) is 8.47. The molecule has 1 aromatic rings. The van der Waals surface area contributed by atoms with Crippen LogP contribution in [0.5, 0.6) is 0 Å². The monoisotopic (exact) mass is 181 g/mol. The van der Waals surface area contributed by atoms with Crippen LogP contribution in [0.4, 0.5) is 10.1 Å². The molecule has 0 aliphatic carbocycles. The molecule has 0 bridgehead atoms. The summed E-state index contributed by atoms with van der Waals surface area (Å²) in [4.78, 5) is 1.95. The zero-order valence-corrected chi connectivity index (χ0v) is 8.47. The highest BCUT2D eigenvalue weighted by molar-refractivity contribution is 5.54. The summed E-state index contributed by atoms with van der Waals surface area (Å²) < 4.78 is 12.6. The predicted molar refractivity (Wildman–Crippen MR) is 55.0 cm³/mol. The van der Waals surface area contributed by atoms with Gasteiger partial charge in [0, 0.05) is 25.3 Å². The van der Waals surface area contributed by atoms with Gasteiger partial charge in [0.15, 0.2) is 0 Å². The quantitative estimate of drug-likeness (QED) is 0.693. The third kappa shape index (κ3) is 2.20. The van der Waals surface area contributed by atoms with Crippen LogP contribution >= 0.6 is 0 Å². The van der Waals surface area contributed by atoms with Crippen molar-refractivity contribution < 1.29 is 4.39 Å². The van der Waals surface area contributed by atoms with Crippen molar-refractivity contribution in [1.29, 1.82) is 0 Å². The van der Waals surface area contributed by atoms with Gasteiger partial charge in [-0.2, -0.15) is 0 Å². The maximum atomic E-state index is 12.6.